The van der Waals surface area contributed by atoms with Gasteiger partial charge in [-0.3, -0.25) is 9.78 Å². The molecule has 0 saturated heterocycles. The van der Waals surface area contributed by atoms with Gasteiger partial charge < -0.3 is 10.6 Å². The molecule has 1 amide bonds. The van der Waals surface area contributed by atoms with Gasteiger partial charge in [-0.1, -0.05) is 13.8 Å². The number of aromatic nitrogens is 1. The highest BCUT2D eigenvalue weighted by molar-refractivity contribution is 5.99. The Bertz CT molecular complexity index is 486. The van der Waals surface area contributed by atoms with Crippen molar-refractivity contribution in [1.82, 2.24) is 10.3 Å². The molecule has 110 valence electrons. The van der Waals surface area contributed by atoms with Crippen molar-refractivity contribution >= 4 is 11.6 Å². The maximum Gasteiger partial charge on any atom is 0.255 e. The first kappa shape index (κ1) is 14.8. The summed E-state index contributed by atoms with van der Waals surface area (Å²) in [5.74, 6) is -0.0217. The van der Waals surface area contributed by atoms with Gasteiger partial charge in [0.1, 0.15) is 0 Å². The predicted molar refractivity (Wildman–Crippen MR) is 82.0 cm³/mol. The van der Waals surface area contributed by atoms with Gasteiger partial charge in [0.15, 0.2) is 0 Å². The number of hydrogen-bond donors (Lipinski definition) is 2. The molecule has 1 aromatic rings. The fourth-order valence-corrected chi connectivity index (χ4v) is 2.75. The third-order valence-electron chi connectivity index (χ3n) is 4.23. The third kappa shape index (κ3) is 3.50. The molecule has 1 aliphatic carbocycles. The van der Waals surface area contributed by atoms with E-state index in [0.717, 1.165) is 24.2 Å². The lowest BCUT2D eigenvalue weighted by molar-refractivity contribution is 0.0909. The van der Waals surface area contributed by atoms with E-state index in [2.05, 4.69) is 29.5 Å². The van der Waals surface area contributed by atoms with Crippen LogP contribution in [0.3, 0.4) is 0 Å². The van der Waals surface area contributed by atoms with Gasteiger partial charge in [0.05, 0.1) is 11.3 Å². The summed E-state index contributed by atoms with van der Waals surface area (Å²) >= 11 is 0. The molecule has 0 aliphatic heterocycles. The average Bonchev–Trinajstić information content (AvgIpc) is 2.40. The summed E-state index contributed by atoms with van der Waals surface area (Å²) in [6, 6.07) is 2.19. The summed E-state index contributed by atoms with van der Waals surface area (Å²) in [7, 11) is 1.83. The molecule has 20 heavy (non-hydrogen) atoms. The minimum absolute atomic E-state index is 0.0217. The van der Waals surface area contributed by atoms with Gasteiger partial charge in [-0.25, -0.2) is 0 Å². The monoisotopic (exact) mass is 275 g/mol. The number of aryl methyl sites for hydroxylation is 1. The van der Waals surface area contributed by atoms with Crippen molar-refractivity contribution in [3.8, 4) is 0 Å². The fraction of sp³-hybridized carbons (Fsp3) is 0.625. The number of nitrogens with zero attached hydrogens (tertiary/aromatic N) is 1. The molecule has 4 nitrogen and oxygen atoms in total. The van der Waals surface area contributed by atoms with Gasteiger partial charge >= 0.3 is 0 Å². The van der Waals surface area contributed by atoms with Crippen LogP contribution >= 0.6 is 0 Å². The number of rotatable bonds is 3. The number of anilines is 1. The van der Waals surface area contributed by atoms with E-state index in [1.165, 1.54) is 12.8 Å². The van der Waals surface area contributed by atoms with Gasteiger partial charge in [0, 0.05) is 25.0 Å². The highest BCUT2D eigenvalue weighted by Crippen LogP contribution is 2.35. The van der Waals surface area contributed by atoms with Gasteiger partial charge in [-0.15, -0.1) is 0 Å². The molecule has 1 saturated carbocycles. The molecule has 2 N–H and O–H groups in total. The highest BCUT2D eigenvalue weighted by Gasteiger charge is 2.28. The zero-order chi connectivity index (χ0) is 14.8. The van der Waals surface area contributed by atoms with E-state index < -0.39 is 0 Å². The molecule has 1 heterocycles. The number of hydrogen-bond acceptors (Lipinski definition) is 3. The predicted octanol–water partition coefficient (Wildman–Crippen LogP) is 3.13. The van der Waals surface area contributed by atoms with E-state index in [9.17, 15) is 4.79 Å². The van der Waals surface area contributed by atoms with Crippen LogP contribution in [-0.4, -0.2) is 24.0 Å². The van der Waals surface area contributed by atoms with E-state index in [4.69, 9.17) is 0 Å². The summed E-state index contributed by atoms with van der Waals surface area (Å²) < 4.78 is 0. The van der Waals surface area contributed by atoms with Crippen LogP contribution in [-0.2, 0) is 0 Å². The number of pyridine rings is 1. The molecule has 0 radical (unpaired) electrons. The Balaban J connectivity index is 2.02. The van der Waals surface area contributed by atoms with E-state index in [1.54, 1.807) is 6.20 Å². The summed E-state index contributed by atoms with van der Waals surface area (Å²) in [5, 5.41) is 6.21. The smallest absolute Gasteiger partial charge is 0.255 e. The van der Waals surface area contributed by atoms with Crippen LogP contribution in [0.15, 0.2) is 12.3 Å². The molecule has 0 aromatic carbocycles. The van der Waals surface area contributed by atoms with E-state index in [-0.39, 0.29) is 5.91 Å². The Morgan fingerprint density at radius 1 is 1.35 bits per heavy atom. The van der Waals surface area contributed by atoms with Gasteiger partial charge in [0.25, 0.3) is 5.91 Å². The molecule has 4 heteroatoms. The second-order valence-corrected chi connectivity index (χ2v) is 6.53. The number of nitrogens with one attached hydrogen (secondary N) is 2. The van der Waals surface area contributed by atoms with Crippen LogP contribution < -0.4 is 10.6 Å². The van der Waals surface area contributed by atoms with Crippen molar-refractivity contribution < 1.29 is 4.79 Å². The van der Waals surface area contributed by atoms with Crippen molar-refractivity contribution in [2.24, 2.45) is 5.41 Å². The largest absolute Gasteiger partial charge is 0.387 e. The van der Waals surface area contributed by atoms with Crippen LogP contribution in [0.5, 0.6) is 0 Å². The quantitative estimate of drug-likeness (QED) is 0.891. The van der Waals surface area contributed by atoms with Crippen LogP contribution in [0, 0.1) is 12.3 Å². The summed E-state index contributed by atoms with van der Waals surface area (Å²) in [5.41, 5.74) is 2.79. The lowest BCUT2D eigenvalue weighted by atomic mass is 9.75. The minimum atomic E-state index is -0.0217. The molecule has 0 bridgehead atoms. The minimum Gasteiger partial charge on any atom is -0.387 e. The van der Waals surface area contributed by atoms with E-state index >= 15 is 0 Å². The van der Waals surface area contributed by atoms with Crippen LogP contribution in [0.25, 0.3) is 0 Å². The average molecular weight is 275 g/mol. The van der Waals surface area contributed by atoms with E-state index in [1.807, 2.05) is 20.0 Å². The number of amides is 1. The van der Waals surface area contributed by atoms with Gasteiger partial charge in [-0.05, 0) is 44.1 Å². The topological polar surface area (TPSA) is 54.0 Å². The van der Waals surface area contributed by atoms with E-state index in [0.29, 0.717) is 17.0 Å². The van der Waals surface area contributed by atoms with Crippen molar-refractivity contribution in [3.05, 3.63) is 23.5 Å². The van der Waals surface area contributed by atoms with Crippen LogP contribution in [0.1, 0.15) is 55.6 Å². The van der Waals surface area contributed by atoms with Crippen LogP contribution in [0.2, 0.25) is 0 Å². The van der Waals surface area contributed by atoms with Crippen LogP contribution in [0.4, 0.5) is 5.69 Å². The zero-order valence-corrected chi connectivity index (χ0v) is 12.9. The molecule has 1 aliphatic rings. The zero-order valence-electron chi connectivity index (χ0n) is 12.9. The van der Waals surface area contributed by atoms with Gasteiger partial charge in [-0.2, -0.15) is 0 Å². The molecule has 0 atom stereocenters. The Kier molecular flexibility index (Phi) is 4.31. The summed E-state index contributed by atoms with van der Waals surface area (Å²) in [6.45, 7) is 6.52. The van der Waals surface area contributed by atoms with Crippen molar-refractivity contribution in [2.45, 2.75) is 52.5 Å². The number of carbonyl (C=O) groups excluding carboxylic acids is 1. The standard InChI is InChI=1S/C16H25N3O/c1-11-9-14(17-4)13(10-18-11)15(20)19-12-5-7-16(2,3)8-6-12/h9-10,12H,5-8H2,1-4H3,(H,17,18)(H,19,20). The fourth-order valence-electron chi connectivity index (χ4n) is 2.75. The normalized spacial score (nSPS) is 18.6. The Hall–Kier alpha value is -1.58. The van der Waals surface area contributed by atoms with Crippen molar-refractivity contribution in [1.29, 1.82) is 0 Å². The first-order valence-corrected chi connectivity index (χ1v) is 7.36. The maximum absolute atomic E-state index is 12.4. The molecular weight excluding hydrogens is 250 g/mol. The summed E-state index contributed by atoms with van der Waals surface area (Å²) in [4.78, 5) is 16.6. The first-order chi connectivity index (χ1) is 9.41. The molecule has 0 unspecified atom stereocenters. The highest BCUT2D eigenvalue weighted by atomic mass is 16.1. The van der Waals surface area contributed by atoms with Gasteiger partial charge in [0.2, 0.25) is 0 Å². The molecule has 2 rings (SSSR count). The summed E-state index contributed by atoms with van der Waals surface area (Å²) in [6.07, 6.45) is 6.12. The second kappa shape index (κ2) is 5.81. The third-order valence-corrected chi connectivity index (χ3v) is 4.23. The second-order valence-electron chi connectivity index (χ2n) is 6.53. The van der Waals surface area contributed by atoms with Crippen molar-refractivity contribution in [3.63, 3.8) is 0 Å². The number of carbonyl (C=O) groups is 1. The maximum atomic E-state index is 12.4. The molecule has 1 aromatic heterocycles. The molecule has 1 fully saturated rings. The van der Waals surface area contributed by atoms with Crippen molar-refractivity contribution in [2.75, 3.05) is 12.4 Å². The SMILES string of the molecule is CNc1cc(C)ncc1C(=O)NC1CCC(C)(C)CC1. The lowest BCUT2D eigenvalue weighted by Gasteiger charge is -2.34. The molecule has 0 spiro atoms. The first-order valence-electron chi connectivity index (χ1n) is 7.36. The Labute approximate surface area is 121 Å². The Morgan fingerprint density at radius 2 is 2.00 bits per heavy atom. The molecular formula is C16H25N3O. The Morgan fingerprint density at radius 3 is 2.60 bits per heavy atom. The lowest BCUT2D eigenvalue weighted by Crippen LogP contribution is -2.39.